The quantitative estimate of drug-likeness (QED) is 0.799. The lowest BCUT2D eigenvalue weighted by Gasteiger charge is -2.05. The normalized spacial score (nSPS) is 10.2. The van der Waals surface area contributed by atoms with Gasteiger partial charge in [0, 0.05) is 21.1 Å². The molecule has 2 nitrogen and oxygen atoms in total. The molecule has 0 spiro atoms. The fourth-order valence-corrected chi connectivity index (χ4v) is 2.45. The lowest BCUT2D eigenvalue weighted by Crippen LogP contribution is -1.86. The number of hydrogen-bond donors (Lipinski definition) is 0. The molecule has 17 heavy (non-hydrogen) atoms. The lowest BCUT2D eigenvalue weighted by atomic mass is 10.2. The van der Waals surface area contributed by atoms with Gasteiger partial charge in [0.25, 0.3) is 0 Å². The Hall–Kier alpha value is -1.13. The molecule has 0 N–H and O–H groups in total. The van der Waals surface area contributed by atoms with E-state index in [1.54, 1.807) is 18.0 Å². The summed E-state index contributed by atoms with van der Waals surface area (Å²) in [6.07, 6.45) is 2.64. The number of rotatable bonds is 3. The van der Waals surface area contributed by atoms with Crippen LogP contribution in [0.3, 0.4) is 0 Å². The van der Waals surface area contributed by atoms with Crippen molar-refractivity contribution in [2.75, 3.05) is 0 Å². The van der Waals surface area contributed by atoms with Gasteiger partial charge in [-0.2, -0.15) is 0 Å². The van der Waals surface area contributed by atoms with Gasteiger partial charge in [-0.05, 0) is 52.7 Å². The van der Waals surface area contributed by atoms with Gasteiger partial charge in [-0.1, -0.05) is 17.8 Å². The summed E-state index contributed by atoms with van der Waals surface area (Å²) in [5.41, 5.74) is 1.79. The minimum atomic E-state index is 0.704. The third-order valence-electron chi connectivity index (χ3n) is 2.25. The number of halogens is 1. The number of carbonyl (C=O) groups is 1. The average Bonchev–Trinajstić information content (AvgIpc) is 2.34. The van der Waals surface area contributed by atoms with Crippen LogP contribution in [-0.4, -0.2) is 11.3 Å². The first-order chi connectivity index (χ1) is 8.19. The lowest BCUT2D eigenvalue weighted by molar-refractivity contribution is 0.112. The van der Waals surface area contributed by atoms with E-state index in [1.165, 1.54) is 0 Å². The second kappa shape index (κ2) is 5.47. The van der Waals surface area contributed by atoms with Gasteiger partial charge in [0.05, 0.1) is 0 Å². The maximum Gasteiger partial charge on any atom is 0.150 e. The molecular weight excluding hydrogens is 298 g/mol. The van der Waals surface area contributed by atoms with Crippen LogP contribution in [0.4, 0.5) is 0 Å². The molecule has 0 aliphatic rings. The molecule has 86 valence electrons. The van der Waals surface area contributed by atoms with E-state index in [4.69, 9.17) is 0 Å². The van der Waals surface area contributed by atoms with Crippen LogP contribution in [0, 0.1) is 6.92 Å². The molecule has 0 saturated carbocycles. The third kappa shape index (κ3) is 3.17. The van der Waals surface area contributed by atoms with Gasteiger partial charge in [-0.3, -0.25) is 4.79 Å². The van der Waals surface area contributed by atoms with Gasteiger partial charge in [0.15, 0.2) is 0 Å². The Bertz CT molecular complexity index is 540. The smallest absolute Gasteiger partial charge is 0.150 e. The molecule has 0 saturated heterocycles. The van der Waals surface area contributed by atoms with Crippen LogP contribution in [0.5, 0.6) is 0 Å². The highest BCUT2D eigenvalue weighted by Gasteiger charge is 2.03. The van der Waals surface area contributed by atoms with Gasteiger partial charge in [-0.25, -0.2) is 4.98 Å². The number of carbonyl (C=O) groups excluding carboxylic acids is 1. The molecule has 0 radical (unpaired) electrons. The van der Waals surface area contributed by atoms with Gasteiger partial charge in [0.2, 0.25) is 0 Å². The summed E-state index contributed by atoms with van der Waals surface area (Å²) in [5, 5.41) is 0.940. The highest BCUT2D eigenvalue weighted by Crippen LogP contribution is 2.29. The zero-order chi connectivity index (χ0) is 12.3. The molecular formula is C13H10BrNOS. The zero-order valence-electron chi connectivity index (χ0n) is 9.18. The van der Waals surface area contributed by atoms with Crippen LogP contribution < -0.4 is 0 Å². The second-order valence-electron chi connectivity index (χ2n) is 3.56. The predicted molar refractivity (Wildman–Crippen MR) is 72.6 cm³/mol. The van der Waals surface area contributed by atoms with Crippen LogP contribution in [-0.2, 0) is 0 Å². The van der Waals surface area contributed by atoms with E-state index in [9.17, 15) is 4.79 Å². The first-order valence-electron chi connectivity index (χ1n) is 5.04. The van der Waals surface area contributed by atoms with Crippen LogP contribution in [0.1, 0.15) is 15.9 Å². The predicted octanol–water partition coefficient (Wildman–Crippen LogP) is 4.12. The Morgan fingerprint density at radius 1 is 1.29 bits per heavy atom. The molecule has 0 aliphatic carbocycles. The van der Waals surface area contributed by atoms with Crippen LogP contribution in [0.25, 0.3) is 0 Å². The van der Waals surface area contributed by atoms with Crippen molar-refractivity contribution in [3.8, 4) is 0 Å². The van der Waals surface area contributed by atoms with Crippen molar-refractivity contribution in [2.24, 2.45) is 0 Å². The molecule has 2 aromatic rings. The largest absolute Gasteiger partial charge is 0.298 e. The summed E-state index contributed by atoms with van der Waals surface area (Å²) >= 11 is 4.95. The number of hydrogen-bond acceptors (Lipinski definition) is 3. The SMILES string of the molecule is Cc1cc(C=O)ccc1Sc1ccc(Br)cn1. The zero-order valence-corrected chi connectivity index (χ0v) is 11.6. The van der Waals surface area contributed by atoms with Gasteiger partial charge >= 0.3 is 0 Å². The highest BCUT2D eigenvalue weighted by atomic mass is 79.9. The second-order valence-corrected chi connectivity index (χ2v) is 5.54. The molecule has 4 heteroatoms. The fourth-order valence-electron chi connectivity index (χ4n) is 1.40. The number of aryl methyl sites for hydroxylation is 1. The molecule has 1 aromatic heterocycles. The molecule has 2 rings (SSSR count). The molecule has 0 aliphatic heterocycles. The van der Waals surface area contributed by atoms with Crippen molar-refractivity contribution in [3.63, 3.8) is 0 Å². The van der Waals surface area contributed by atoms with Crippen molar-refractivity contribution >= 4 is 34.0 Å². The van der Waals surface area contributed by atoms with Crippen molar-refractivity contribution in [1.82, 2.24) is 4.98 Å². The Balaban J connectivity index is 2.24. The standard InChI is InChI=1S/C13H10BrNOS/c1-9-6-10(8-16)2-4-12(9)17-13-5-3-11(14)7-15-13/h2-8H,1H3. The molecule has 0 amide bonds. The molecule has 0 atom stereocenters. The number of pyridine rings is 1. The van der Waals surface area contributed by atoms with E-state index in [2.05, 4.69) is 20.9 Å². The fraction of sp³-hybridized carbons (Fsp3) is 0.0769. The van der Waals surface area contributed by atoms with Crippen molar-refractivity contribution in [1.29, 1.82) is 0 Å². The minimum absolute atomic E-state index is 0.704. The Morgan fingerprint density at radius 2 is 2.12 bits per heavy atom. The number of benzene rings is 1. The number of aldehydes is 1. The van der Waals surface area contributed by atoms with E-state index in [0.717, 1.165) is 26.2 Å². The van der Waals surface area contributed by atoms with E-state index in [0.29, 0.717) is 5.56 Å². The molecule has 0 fully saturated rings. The summed E-state index contributed by atoms with van der Waals surface area (Å²) in [6.45, 7) is 1.99. The monoisotopic (exact) mass is 307 g/mol. The maximum absolute atomic E-state index is 10.6. The average molecular weight is 308 g/mol. The van der Waals surface area contributed by atoms with Gasteiger partial charge in [-0.15, -0.1) is 0 Å². The van der Waals surface area contributed by atoms with Crippen LogP contribution in [0.15, 0.2) is 50.9 Å². The van der Waals surface area contributed by atoms with Crippen LogP contribution in [0.2, 0.25) is 0 Å². The van der Waals surface area contributed by atoms with Gasteiger partial charge < -0.3 is 0 Å². The van der Waals surface area contributed by atoms with E-state index in [1.807, 2.05) is 37.3 Å². The first kappa shape index (κ1) is 12.3. The van der Waals surface area contributed by atoms with Crippen molar-refractivity contribution < 1.29 is 4.79 Å². The highest BCUT2D eigenvalue weighted by molar-refractivity contribution is 9.10. The summed E-state index contributed by atoms with van der Waals surface area (Å²) in [5.74, 6) is 0. The number of aromatic nitrogens is 1. The minimum Gasteiger partial charge on any atom is -0.298 e. The maximum atomic E-state index is 10.6. The molecule has 1 heterocycles. The summed E-state index contributed by atoms with van der Waals surface area (Å²) in [7, 11) is 0. The van der Waals surface area contributed by atoms with E-state index < -0.39 is 0 Å². The topological polar surface area (TPSA) is 30.0 Å². The van der Waals surface area contributed by atoms with E-state index >= 15 is 0 Å². The Labute approximate surface area is 113 Å². The molecule has 0 unspecified atom stereocenters. The number of nitrogens with zero attached hydrogens (tertiary/aromatic N) is 1. The summed E-state index contributed by atoms with van der Waals surface area (Å²) in [6, 6.07) is 9.58. The van der Waals surface area contributed by atoms with Crippen LogP contribution >= 0.6 is 27.7 Å². The summed E-state index contributed by atoms with van der Waals surface area (Å²) < 4.78 is 0.967. The first-order valence-corrected chi connectivity index (χ1v) is 6.65. The summed E-state index contributed by atoms with van der Waals surface area (Å²) in [4.78, 5) is 16.1. The van der Waals surface area contributed by atoms with E-state index in [-0.39, 0.29) is 0 Å². The molecule has 1 aromatic carbocycles. The Kier molecular flexibility index (Phi) is 3.97. The van der Waals surface area contributed by atoms with Crippen molar-refractivity contribution in [3.05, 3.63) is 52.1 Å². The third-order valence-corrected chi connectivity index (χ3v) is 3.85. The Morgan fingerprint density at radius 3 is 2.71 bits per heavy atom. The van der Waals surface area contributed by atoms with Crippen molar-refractivity contribution in [2.45, 2.75) is 16.8 Å². The molecule has 0 bridgehead atoms. The van der Waals surface area contributed by atoms with Gasteiger partial charge in [0.1, 0.15) is 11.3 Å².